The Labute approximate surface area is 109 Å². The SMILES string of the molecule is CC(C)(C)c1cc(C(=O)c2ccc(F)cc2F)no1. The van der Waals surface area contributed by atoms with Crippen molar-refractivity contribution in [1.29, 1.82) is 0 Å². The van der Waals surface area contributed by atoms with Gasteiger partial charge >= 0.3 is 0 Å². The number of rotatable bonds is 2. The first kappa shape index (κ1) is 13.4. The molecule has 0 aliphatic rings. The summed E-state index contributed by atoms with van der Waals surface area (Å²) in [5, 5.41) is 3.64. The Morgan fingerprint density at radius 1 is 1.21 bits per heavy atom. The van der Waals surface area contributed by atoms with Crippen molar-refractivity contribution in [2.45, 2.75) is 26.2 Å². The first-order valence-corrected chi connectivity index (χ1v) is 5.76. The second kappa shape index (κ2) is 4.57. The molecule has 0 radical (unpaired) electrons. The van der Waals surface area contributed by atoms with Gasteiger partial charge in [-0.3, -0.25) is 4.79 Å². The van der Waals surface area contributed by atoms with E-state index in [1.807, 2.05) is 20.8 Å². The Bertz CT molecular complexity index is 627. The number of benzene rings is 1. The number of carbonyl (C=O) groups is 1. The molecule has 5 heteroatoms. The van der Waals surface area contributed by atoms with Crippen molar-refractivity contribution in [3.05, 3.63) is 52.9 Å². The van der Waals surface area contributed by atoms with Crippen LogP contribution in [-0.2, 0) is 5.41 Å². The molecule has 0 fully saturated rings. The minimum absolute atomic E-state index is 0.00966. The van der Waals surface area contributed by atoms with Crippen LogP contribution in [-0.4, -0.2) is 10.9 Å². The zero-order chi connectivity index (χ0) is 14.2. The lowest BCUT2D eigenvalue weighted by Crippen LogP contribution is -2.09. The average Bonchev–Trinajstić information content (AvgIpc) is 2.76. The quantitative estimate of drug-likeness (QED) is 0.781. The van der Waals surface area contributed by atoms with E-state index in [1.54, 1.807) is 0 Å². The minimum atomic E-state index is -0.912. The molecule has 0 amide bonds. The van der Waals surface area contributed by atoms with Crippen molar-refractivity contribution >= 4 is 5.78 Å². The Hall–Kier alpha value is -2.04. The summed E-state index contributed by atoms with van der Waals surface area (Å²) in [5.74, 6) is -1.75. The van der Waals surface area contributed by atoms with E-state index in [0.29, 0.717) is 11.8 Å². The maximum absolute atomic E-state index is 13.5. The molecule has 19 heavy (non-hydrogen) atoms. The zero-order valence-electron chi connectivity index (χ0n) is 10.8. The number of carbonyl (C=O) groups excluding carboxylic acids is 1. The number of nitrogens with zero attached hydrogens (tertiary/aromatic N) is 1. The standard InChI is InChI=1S/C14H13F2NO2/c1-14(2,3)12-7-11(17-19-12)13(18)9-5-4-8(15)6-10(9)16/h4-7H,1-3H3. The Balaban J connectivity index is 2.37. The van der Waals surface area contributed by atoms with Gasteiger partial charge in [0.1, 0.15) is 17.4 Å². The van der Waals surface area contributed by atoms with Crippen LogP contribution in [0.1, 0.15) is 42.6 Å². The van der Waals surface area contributed by atoms with Gasteiger partial charge in [0.05, 0.1) is 5.56 Å². The van der Waals surface area contributed by atoms with E-state index in [4.69, 9.17) is 4.52 Å². The molecule has 3 nitrogen and oxygen atoms in total. The molecule has 1 heterocycles. The average molecular weight is 265 g/mol. The Morgan fingerprint density at radius 2 is 1.89 bits per heavy atom. The van der Waals surface area contributed by atoms with Crippen molar-refractivity contribution in [2.24, 2.45) is 0 Å². The lowest BCUT2D eigenvalue weighted by atomic mass is 9.93. The third-order valence-corrected chi connectivity index (χ3v) is 2.66. The summed E-state index contributed by atoms with van der Waals surface area (Å²) in [4.78, 5) is 12.0. The van der Waals surface area contributed by atoms with E-state index < -0.39 is 17.4 Å². The summed E-state index contributed by atoms with van der Waals surface area (Å²) >= 11 is 0. The number of halogens is 2. The second-order valence-electron chi connectivity index (χ2n) is 5.28. The highest BCUT2D eigenvalue weighted by molar-refractivity contribution is 6.07. The van der Waals surface area contributed by atoms with Crippen LogP contribution in [0.5, 0.6) is 0 Å². The highest BCUT2D eigenvalue weighted by Gasteiger charge is 2.24. The molecule has 0 unspecified atom stereocenters. The fourth-order valence-corrected chi connectivity index (χ4v) is 1.55. The van der Waals surface area contributed by atoms with E-state index in [-0.39, 0.29) is 16.7 Å². The van der Waals surface area contributed by atoms with Gasteiger partial charge in [-0.15, -0.1) is 0 Å². The van der Waals surface area contributed by atoms with Gasteiger partial charge in [-0.25, -0.2) is 8.78 Å². The smallest absolute Gasteiger partial charge is 0.217 e. The topological polar surface area (TPSA) is 43.1 Å². The van der Waals surface area contributed by atoms with Crippen LogP contribution in [0, 0.1) is 11.6 Å². The highest BCUT2D eigenvalue weighted by atomic mass is 19.1. The predicted octanol–water partition coefficient (Wildman–Crippen LogP) is 3.48. The number of hydrogen-bond acceptors (Lipinski definition) is 3. The molecular formula is C14H13F2NO2. The molecule has 0 spiro atoms. The molecule has 100 valence electrons. The lowest BCUT2D eigenvalue weighted by molar-refractivity contribution is 0.102. The summed E-state index contributed by atoms with van der Waals surface area (Å²) in [6, 6.07) is 4.27. The van der Waals surface area contributed by atoms with Crippen LogP contribution < -0.4 is 0 Å². The molecule has 1 aromatic heterocycles. The van der Waals surface area contributed by atoms with E-state index >= 15 is 0 Å². The van der Waals surface area contributed by atoms with E-state index in [2.05, 4.69) is 5.16 Å². The van der Waals surface area contributed by atoms with E-state index in [1.165, 1.54) is 6.07 Å². The lowest BCUT2D eigenvalue weighted by Gasteiger charge is -2.12. The van der Waals surface area contributed by atoms with Crippen molar-refractivity contribution in [1.82, 2.24) is 5.16 Å². The van der Waals surface area contributed by atoms with Gasteiger partial charge in [0.25, 0.3) is 0 Å². The molecule has 0 aliphatic heterocycles. The Kier molecular flexibility index (Phi) is 3.22. The third-order valence-electron chi connectivity index (χ3n) is 2.66. The van der Waals surface area contributed by atoms with Crippen molar-refractivity contribution in [3.63, 3.8) is 0 Å². The van der Waals surface area contributed by atoms with Gasteiger partial charge in [0.2, 0.25) is 5.78 Å². The number of hydrogen-bond donors (Lipinski definition) is 0. The van der Waals surface area contributed by atoms with Crippen molar-refractivity contribution in [3.8, 4) is 0 Å². The molecular weight excluding hydrogens is 252 g/mol. The van der Waals surface area contributed by atoms with Crippen LogP contribution in [0.15, 0.2) is 28.8 Å². The molecule has 0 aliphatic carbocycles. The van der Waals surface area contributed by atoms with Gasteiger partial charge in [-0.05, 0) is 12.1 Å². The van der Waals surface area contributed by atoms with Gasteiger partial charge in [-0.2, -0.15) is 0 Å². The minimum Gasteiger partial charge on any atom is -0.360 e. The molecule has 0 saturated carbocycles. The highest BCUT2D eigenvalue weighted by Crippen LogP contribution is 2.24. The second-order valence-corrected chi connectivity index (χ2v) is 5.28. The number of ketones is 1. The van der Waals surface area contributed by atoms with Crippen LogP contribution in [0.4, 0.5) is 8.78 Å². The summed E-state index contributed by atoms with van der Waals surface area (Å²) in [5.41, 5.74) is -0.516. The summed E-state index contributed by atoms with van der Waals surface area (Å²) in [6.07, 6.45) is 0. The van der Waals surface area contributed by atoms with Crippen LogP contribution in [0.3, 0.4) is 0 Å². The van der Waals surface area contributed by atoms with Crippen LogP contribution in [0.2, 0.25) is 0 Å². The van der Waals surface area contributed by atoms with Gasteiger partial charge < -0.3 is 4.52 Å². The van der Waals surface area contributed by atoms with Crippen LogP contribution in [0.25, 0.3) is 0 Å². The molecule has 0 N–H and O–H groups in total. The van der Waals surface area contributed by atoms with Gasteiger partial charge in [0.15, 0.2) is 5.69 Å². The third kappa shape index (κ3) is 2.70. The maximum Gasteiger partial charge on any atom is 0.217 e. The maximum atomic E-state index is 13.5. The summed E-state index contributed by atoms with van der Waals surface area (Å²) < 4.78 is 31.4. The first-order chi connectivity index (χ1) is 8.79. The van der Waals surface area contributed by atoms with Crippen molar-refractivity contribution in [2.75, 3.05) is 0 Å². The van der Waals surface area contributed by atoms with Gasteiger partial charge in [-0.1, -0.05) is 25.9 Å². The van der Waals surface area contributed by atoms with Crippen molar-refractivity contribution < 1.29 is 18.1 Å². The first-order valence-electron chi connectivity index (χ1n) is 5.76. The Morgan fingerprint density at radius 3 is 2.42 bits per heavy atom. The fourth-order valence-electron chi connectivity index (χ4n) is 1.55. The fraction of sp³-hybridized carbons (Fsp3) is 0.286. The molecule has 2 rings (SSSR count). The number of aromatic nitrogens is 1. The van der Waals surface area contributed by atoms with Crippen LogP contribution >= 0.6 is 0 Å². The molecule has 0 saturated heterocycles. The largest absolute Gasteiger partial charge is 0.360 e. The summed E-state index contributed by atoms with van der Waals surface area (Å²) in [6.45, 7) is 5.71. The predicted molar refractivity (Wildman–Crippen MR) is 65.0 cm³/mol. The van der Waals surface area contributed by atoms with Gasteiger partial charge in [0, 0.05) is 17.5 Å². The molecule has 2 aromatic rings. The summed E-state index contributed by atoms with van der Waals surface area (Å²) in [7, 11) is 0. The molecule has 0 atom stereocenters. The monoisotopic (exact) mass is 265 g/mol. The van der Waals surface area contributed by atoms with E-state index in [9.17, 15) is 13.6 Å². The molecule has 1 aromatic carbocycles. The zero-order valence-corrected chi connectivity index (χ0v) is 10.8. The van der Waals surface area contributed by atoms with E-state index in [0.717, 1.165) is 12.1 Å². The molecule has 0 bridgehead atoms. The normalized spacial score (nSPS) is 11.6.